The van der Waals surface area contributed by atoms with Crippen molar-refractivity contribution in [1.82, 2.24) is 19.7 Å². The van der Waals surface area contributed by atoms with Gasteiger partial charge in [-0.15, -0.1) is 16.8 Å². The molecule has 0 bridgehead atoms. The van der Waals surface area contributed by atoms with Gasteiger partial charge in [0.2, 0.25) is 0 Å². The molecule has 0 aliphatic rings. The van der Waals surface area contributed by atoms with Gasteiger partial charge in [-0.1, -0.05) is 95.6 Å². The van der Waals surface area contributed by atoms with Crippen LogP contribution in [-0.2, 0) is 12.3 Å². The van der Waals surface area contributed by atoms with Crippen LogP contribution in [0.4, 0.5) is 0 Å². The second-order valence-corrected chi connectivity index (χ2v) is 9.39. The highest BCUT2D eigenvalue weighted by Crippen LogP contribution is 2.35. The van der Waals surface area contributed by atoms with Gasteiger partial charge >= 0.3 is 0 Å². The number of rotatable bonds is 7. The van der Waals surface area contributed by atoms with Gasteiger partial charge in [0.05, 0.1) is 11.2 Å². The van der Waals surface area contributed by atoms with Gasteiger partial charge in [-0.05, 0) is 29.8 Å². The predicted molar refractivity (Wildman–Crippen MR) is 142 cm³/mol. The molecule has 3 aromatic carbocycles. The van der Waals surface area contributed by atoms with E-state index in [1.165, 1.54) is 0 Å². The molecule has 0 radical (unpaired) electrons. The van der Waals surface area contributed by atoms with Gasteiger partial charge in [0.15, 0.2) is 11.0 Å². The molecule has 0 unspecified atom stereocenters. The van der Waals surface area contributed by atoms with E-state index in [-0.39, 0.29) is 0 Å². The van der Waals surface area contributed by atoms with Crippen LogP contribution in [-0.4, -0.2) is 19.7 Å². The van der Waals surface area contributed by atoms with E-state index < -0.39 is 0 Å². The fourth-order valence-corrected chi connectivity index (χ4v) is 5.50. The van der Waals surface area contributed by atoms with Crippen LogP contribution in [0.25, 0.3) is 33.5 Å². The van der Waals surface area contributed by atoms with Crippen LogP contribution in [0.2, 0.25) is 10.0 Å². The van der Waals surface area contributed by atoms with Crippen molar-refractivity contribution in [2.45, 2.75) is 17.5 Å². The van der Waals surface area contributed by atoms with E-state index in [1.54, 1.807) is 11.8 Å². The van der Waals surface area contributed by atoms with Crippen LogP contribution in [0.5, 0.6) is 0 Å². The number of nitrogens with zero attached hydrogens (tertiary/aromatic N) is 4. The number of thioether (sulfide) groups is 1. The largest absolute Gasteiger partial charge is 0.298 e. The Morgan fingerprint density at radius 2 is 1.62 bits per heavy atom. The molecule has 0 saturated heterocycles. The van der Waals surface area contributed by atoms with Gasteiger partial charge in [0.1, 0.15) is 0 Å². The quantitative estimate of drug-likeness (QED) is 0.167. The number of fused-ring (bicyclic) bond motifs is 1. The Morgan fingerprint density at radius 3 is 2.38 bits per heavy atom. The number of benzene rings is 3. The molecule has 0 fully saturated rings. The van der Waals surface area contributed by atoms with Gasteiger partial charge < -0.3 is 0 Å². The molecule has 7 heteroatoms. The van der Waals surface area contributed by atoms with Crippen LogP contribution in [0.3, 0.4) is 0 Å². The molecule has 2 aromatic heterocycles. The van der Waals surface area contributed by atoms with Gasteiger partial charge in [-0.3, -0.25) is 4.57 Å². The highest BCUT2D eigenvalue weighted by molar-refractivity contribution is 7.98. The number of hydrogen-bond acceptors (Lipinski definition) is 4. The molecule has 34 heavy (non-hydrogen) atoms. The third kappa shape index (κ3) is 4.47. The second-order valence-electron chi connectivity index (χ2n) is 7.63. The first-order chi connectivity index (χ1) is 16.7. The number of hydrogen-bond donors (Lipinski definition) is 0. The van der Waals surface area contributed by atoms with E-state index in [9.17, 15) is 0 Å². The number of allylic oxidation sites excluding steroid dienone is 1. The van der Waals surface area contributed by atoms with E-state index in [0.717, 1.165) is 44.3 Å². The van der Waals surface area contributed by atoms with Gasteiger partial charge in [0, 0.05) is 38.9 Å². The Morgan fingerprint density at radius 1 is 0.882 bits per heavy atom. The van der Waals surface area contributed by atoms with Crippen molar-refractivity contribution < 1.29 is 0 Å². The Labute approximate surface area is 212 Å². The molecule has 5 aromatic rings. The molecule has 2 heterocycles. The van der Waals surface area contributed by atoms with Crippen molar-refractivity contribution in [3.8, 4) is 22.6 Å². The lowest BCUT2D eigenvalue weighted by molar-refractivity contribution is 0.731. The zero-order chi connectivity index (χ0) is 23.5. The summed E-state index contributed by atoms with van der Waals surface area (Å²) in [6.07, 6.45) is 1.85. The zero-order valence-corrected chi connectivity index (χ0v) is 20.5. The molecule has 0 saturated carbocycles. The Kier molecular flexibility index (Phi) is 6.68. The van der Waals surface area contributed by atoms with E-state index in [4.69, 9.17) is 28.2 Å². The van der Waals surface area contributed by atoms with Crippen molar-refractivity contribution in [3.63, 3.8) is 0 Å². The highest BCUT2D eigenvalue weighted by atomic mass is 35.5. The number of halogens is 2. The average molecular weight is 503 g/mol. The summed E-state index contributed by atoms with van der Waals surface area (Å²) in [6, 6.07) is 25.9. The molecule has 0 N–H and O–H groups in total. The van der Waals surface area contributed by atoms with Crippen molar-refractivity contribution in [2.24, 2.45) is 0 Å². The summed E-state index contributed by atoms with van der Waals surface area (Å²) in [5.74, 6) is 1.35. The summed E-state index contributed by atoms with van der Waals surface area (Å²) in [7, 11) is 0. The summed E-state index contributed by atoms with van der Waals surface area (Å²) in [5, 5.41) is 12.2. The third-order valence-corrected chi connectivity index (χ3v) is 7.16. The molecule has 168 valence electrons. The predicted octanol–water partition coefficient (Wildman–Crippen LogP) is 7.95. The molecule has 0 spiro atoms. The van der Waals surface area contributed by atoms with Crippen LogP contribution in [0.1, 0.15) is 5.56 Å². The second kappa shape index (κ2) is 10.0. The van der Waals surface area contributed by atoms with E-state index in [2.05, 4.69) is 45.6 Å². The van der Waals surface area contributed by atoms with Crippen molar-refractivity contribution in [3.05, 3.63) is 107 Å². The third-order valence-electron chi connectivity index (χ3n) is 5.46. The Hall–Kier alpha value is -3.12. The first kappa shape index (κ1) is 22.7. The molecular weight excluding hydrogens is 483 g/mol. The van der Waals surface area contributed by atoms with Crippen molar-refractivity contribution in [2.75, 3.05) is 0 Å². The molecule has 0 amide bonds. The smallest absolute Gasteiger partial charge is 0.192 e. The maximum Gasteiger partial charge on any atom is 0.192 e. The lowest BCUT2D eigenvalue weighted by atomic mass is 10.0. The van der Waals surface area contributed by atoms with Gasteiger partial charge in [-0.2, -0.15) is 0 Å². The SMILES string of the molecule is C=CCn1c(SCc2c(Cl)cccc2Cl)nnc1-c1cc(-c2ccccc2)nc2ccccc12. The van der Waals surface area contributed by atoms with Gasteiger partial charge in [-0.25, -0.2) is 4.98 Å². The lowest BCUT2D eigenvalue weighted by Crippen LogP contribution is -2.02. The number of aromatic nitrogens is 4. The molecule has 0 atom stereocenters. The normalized spacial score (nSPS) is 11.1. The minimum atomic E-state index is 0.568. The first-order valence-electron chi connectivity index (χ1n) is 10.7. The summed E-state index contributed by atoms with van der Waals surface area (Å²) >= 11 is 14.3. The molecular formula is C27H20Cl2N4S. The standard InChI is InChI=1S/C27H20Cl2N4S/c1-2-15-33-26(31-32-27(33)34-17-21-22(28)12-8-13-23(21)29)20-16-25(18-9-4-3-5-10-18)30-24-14-7-6-11-19(20)24/h2-14,16H,1,15,17H2. The van der Waals surface area contributed by atoms with Crippen LogP contribution < -0.4 is 0 Å². The zero-order valence-electron chi connectivity index (χ0n) is 18.2. The highest BCUT2D eigenvalue weighted by Gasteiger charge is 2.18. The maximum absolute atomic E-state index is 6.38. The fourth-order valence-electron chi connectivity index (χ4n) is 3.81. The van der Waals surface area contributed by atoms with Crippen LogP contribution >= 0.6 is 35.0 Å². The molecule has 0 aliphatic heterocycles. The Bertz CT molecular complexity index is 1460. The van der Waals surface area contributed by atoms with E-state index in [1.807, 2.05) is 60.7 Å². The molecule has 5 rings (SSSR count). The fraction of sp³-hybridized carbons (Fsp3) is 0.0741. The number of para-hydroxylation sites is 1. The topological polar surface area (TPSA) is 43.6 Å². The summed E-state index contributed by atoms with van der Waals surface area (Å²) < 4.78 is 2.07. The van der Waals surface area contributed by atoms with Crippen molar-refractivity contribution >= 4 is 45.9 Å². The number of pyridine rings is 1. The van der Waals surface area contributed by atoms with E-state index in [0.29, 0.717) is 22.3 Å². The summed E-state index contributed by atoms with van der Waals surface area (Å²) in [5.41, 5.74) is 4.70. The summed E-state index contributed by atoms with van der Waals surface area (Å²) in [6.45, 7) is 4.51. The minimum Gasteiger partial charge on any atom is -0.298 e. The monoisotopic (exact) mass is 502 g/mol. The maximum atomic E-state index is 6.38. The molecule has 0 aliphatic carbocycles. The van der Waals surface area contributed by atoms with E-state index >= 15 is 0 Å². The summed E-state index contributed by atoms with van der Waals surface area (Å²) in [4.78, 5) is 4.90. The Balaban J connectivity index is 1.61. The van der Waals surface area contributed by atoms with Crippen molar-refractivity contribution in [1.29, 1.82) is 0 Å². The van der Waals surface area contributed by atoms with Crippen LogP contribution in [0, 0.1) is 0 Å². The van der Waals surface area contributed by atoms with Crippen LogP contribution in [0.15, 0.2) is 96.7 Å². The molecule has 4 nitrogen and oxygen atoms in total. The van der Waals surface area contributed by atoms with Gasteiger partial charge in [0.25, 0.3) is 0 Å². The minimum absolute atomic E-state index is 0.568. The average Bonchev–Trinajstić information content (AvgIpc) is 3.26. The lowest BCUT2D eigenvalue weighted by Gasteiger charge is -2.12. The first-order valence-corrected chi connectivity index (χ1v) is 12.4.